The number of aromatic nitrogens is 1. The average molecular weight is 265 g/mol. The lowest BCUT2D eigenvalue weighted by atomic mass is 10.2. The molecule has 1 aromatic heterocycles. The number of nitrogens with zero attached hydrogens (tertiary/aromatic N) is 1. The minimum atomic E-state index is 0.592. The van der Waals surface area contributed by atoms with Gasteiger partial charge in [-0.2, -0.15) is 0 Å². The van der Waals surface area contributed by atoms with E-state index < -0.39 is 0 Å². The summed E-state index contributed by atoms with van der Waals surface area (Å²) in [5, 5.41) is 3.10. The van der Waals surface area contributed by atoms with Gasteiger partial charge >= 0.3 is 0 Å². The largest absolute Gasteiger partial charge is 0.378 e. The Bertz CT molecular complexity index is 465. The van der Waals surface area contributed by atoms with E-state index in [1.165, 1.54) is 10.5 Å². The van der Waals surface area contributed by atoms with Crippen LogP contribution < -0.4 is 0 Å². The minimum absolute atomic E-state index is 0.592. The third-order valence-corrected chi connectivity index (χ3v) is 4.00. The predicted octanol–water partition coefficient (Wildman–Crippen LogP) is 4.07. The Morgan fingerprint density at radius 3 is 2.71 bits per heavy atom. The number of hydrogen-bond acceptors (Lipinski definition) is 4. The maximum absolute atomic E-state index is 5.07. The fraction of sp³-hybridized carbons (Fsp3) is 0.308. The molecule has 4 heteroatoms. The van der Waals surface area contributed by atoms with Crippen molar-refractivity contribution in [2.75, 3.05) is 12.9 Å². The van der Waals surface area contributed by atoms with Crippen molar-refractivity contribution in [1.29, 1.82) is 0 Å². The third-order valence-electron chi connectivity index (χ3n) is 2.28. The lowest BCUT2D eigenvalue weighted by molar-refractivity contribution is 0.184. The van der Waals surface area contributed by atoms with Gasteiger partial charge in [-0.3, -0.25) is 0 Å². The molecule has 0 spiro atoms. The van der Waals surface area contributed by atoms with Crippen molar-refractivity contribution in [2.24, 2.45) is 0 Å². The first-order valence-corrected chi connectivity index (χ1v) is 7.36. The van der Waals surface area contributed by atoms with Crippen molar-refractivity contribution in [2.45, 2.75) is 18.4 Å². The molecule has 0 amide bonds. The second-order valence-corrected chi connectivity index (χ2v) is 5.80. The standard InChI is InChI=1S/C13H15NOS2/c1-3-16-11-6-4-10(5-7-11)12-9-17-13(14-12)8-15-2/h4-7,9H,3,8H2,1-2H3. The van der Waals surface area contributed by atoms with Crippen LogP contribution in [-0.4, -0.2) is 17.8 Å². The molecule has 90 valence electrons. The van der Waals surface area contributed by atoms with E-state index in [1.54, 1.807) is 18.4 Å². The van der Waals surface area contributed by atoms with Gasteiger partial charge < -0.3 is 4.74 Å². The maximum atomic E-state index is 5.07. The van der Waals surface area contributed by atoms with Gasteiger partial charge in [0.1, 0.15) is 5.01 Å². The fourth-order valence-electron chi connectivity index (χ4n) is 1.52. The molecule has 0 bridgehead atoms. The molecule has 1 heterocycles. The fourth-order valence-corrected chi connectivity index (χ4v) is 2.96. The van der Waals surface area contributed by atoms with Gasteiger partial charge in [0.25, 0.3) is 0 Å². The van der Waals surface area contributed by atoms with E-state index in [2.05, 4.69) is 41.6 Å². The van der Waals surface area contributed by atoms with Gasteiger partial charge in [-0.15, -0.1) is 23.1 Å². The van der Waals surface area contributed by atoms with Crippen LogP contribution >= 0.6 is 23.1 Å². The third kappa shape index (κ3) is 3.31. The summed E-state index contributed by atoms with van der Waals surface area (Å²) >= 11 is 3.50. The van der Waals surface area contributed by atoms with Crippen molar-refractivity contribution >= 4 is 23.1 Å². The molecule has 0 aliphatic heterocycles. The minimum Gasteiger partial charge on any atom is -0.378 e. The van der Waals surface area contributed by atoms with E-state index >= 15 is 0 Å². The van der Waals surface area contributed by atoms with E-state index in [0.717, 1.165) is 16.5 Å². The zero-order chi connectivity index (χ0) is 12.1. The maximum Gasteiger partial charge on any atom is 0.119 e. The Kier molecular flexibility index (Phi) is 4.59. The topological polar surface area (TPSA) is 22.1 Å². The highest BCUT2D eigenvalue weighted by atomic mass is 32.2. The molecular formula is C13H15NOS2. The summed E-state index contributed by atoms with van der Waals surface area (Å²) in [6, 6.07) is 8.56. The van der Waals surface area contributed by atoms with Crippen molar-refractivity contribution in [3.8, 4) is 11.3 Å². The van der Waals surface area contributed by atoms with Gasteiger partial charge in [-0.05, 0) is 17.9 Å². The Morgan fingerprint density at radius 1 is 1.29 bits per heavy atom. The number of thiazole rings is 1. The Hall–Kier alpha value is -0.840. The number of hydrogen-bond donors (Lipinski definition) is 0. The Morgan fingerprint density at radius 2 is 2.06 bits per heavy atom. The molecule has 17 heavy (non-hydrogen) atoms. The molecule has 0 aliphatic rings. The molecule has 0 saturated heterocycles. The average Bonchev–Trinajstić information content (AvgIpc) is 2.80. The summed E-state index contributed by atoms with van der Waals surface area (Å²) in [5.74, 6) is 1.11. The quantitative estimate of drug-likeness (QED) is 0.761. The Labute approximate surface area is 110 Å². The van der Waals surface area contributed by atoms with Crippen LogP contribution in [0.15, 0.2) is 34.5 Å². The zero-order valence-electron chi connectivity index (χ0n) is 9.97. The van der Waals surface area contributed by atoms with E-state index in [4.69, 9.17) is 4.74 Å². The molecule has 0 aliphatic carbocycles. The van der Waals surface area contributed by atoms with Crippen LogP contribution in [0, 0.1) is 0 Å². The van der Waals surface area contributed by atoms with Crippen LogP contribution in [0.2, 0.25) is 0 Å². The van der Waals surface area contributed by atoms with E-state index in [-0.39, 0.29) is 0 Å². The highest BCUT2D eigenvalue weighted by molar-refractivity contribution is 7.99. The summed E-state index contributed by atoms with van der Waals surface area (Å²) in [7, 11) is 1.69. The smallest absolute Gasteiger partial charge is 0.119 e. The Balaban J connectivity index is 2.15. The number of methoxy groups -OCH3 is 1. The second kappa shape index (κ2) is 6.19. The van der Waals surface area contributed by atoms with Gasteiger partial charge in [0.15, 0.2) is 0 Å². The normalized spacial score (nSPS) is 10.7. The molecule has 0 unspecified atom stereocenters. The van der Waals surface area contributed by atoms with Crippen molar-refractivity contribution in [3.05, 3.63) is 34.7 Å². The van der Waals surface area contributed by atoms with Crippen LogP contribution in [0.4, 0.5) is 0 Å². The second-order valence-electron chi connectivity index (χ2n) is 3.52. The van der Waals surface area contributed by atoms with Crippen LogP contribution in [0.3, 0.4) is 0 Å². The van der Waals surface area contributed by atoms with E-state index in [0.29, 0.717) is 6.61 Å². The van der Waals surface area contributed by atoms with E-state index in [1.807, 2.05) is 11.8 Å². The lowest BCUT2D eigenvalue weighted by Crippen LogP contribution is -1.86. The molecule has 2 aromatic rings. The zero-order valence-corrected chi connectivity index (χ0v) is 11.6. The van der Waals surface area contributed by atoms with Gasteiger partial charge in [-0.1, -0.05) is 19.1 Å². The monoisotopic (exact) mass is 265 g/mol. The summed E-state index contributed by atoms with van der Waals surface area (Å²) in [6.07, 6.45) is 0. The first-order valence-electron chi connectivity index (χ1n) is 5.50. The SMILES string of the molecule is CCSc1ccc(-c2csc(COC)n2)cc1. The molecule has 0 atom stereocenters. The molecular weight excluding hydrogens is 250 g/mol. The molecule has 0 saturated carbocycles. The van der Waals surface area contributed by atoms with Gasteiger partial charge in [-0.25, -0.2) is 4.98 Å². The molecule has 1 aromatic carbocycles. The number of benzene rings is 1. The molecule has 0 fully saturated rings. The summed E-state index contributed by atoms with van der Waals surface area (Å²) in [4.78, 5) is 5.84. The molecule has 0 radical (unpaired) electrons. The molecule has 2 nitrogen and oxygen atoms in total. The van der Waals surface area contributed by atoms with Crippen molar-refractivity contribution in [1.82, 2.24) is 4.98 Å². The van der Waals surface area contributed by atoms with Gasteiger partial charge in [0.05, 0.1) is 12.3 Å². The predicted molar refractivity (Wildman–Crippen MR) is 74.7 cm³/mol. The van der Waals surface area contributed by atoms with E-state index in [9.17, 15) is 0 Å². The summed E-state index contributed by atoms with van der Waals surface area (Å²) in [6.45, 7) is 2.75. The number of thioether (sulfide) groups is 1. The van der Waals surface area contributed by atoms with Gasteiger partial charge in [0.2, 0.25) is 0 Å². The highest BCUT2D eigenvalue weighted by Gasteiger charge is 2.04. The first kappa shape index (κ1) is 12.6. The number of rotatable bonds is 5. The van der Waals surface area contributed by atoms with Crippen LogP contribution in [0.5, 0.6) is 0 Å². The van der Waals surface area contributed by atoms with Crippen molar-refractivity contribution in [3.63, 3.8) is 0 Å². The summed E-state index contributed by atoms with van der Waals surface area (Å²) in [5.41, 5.74) is 2.21. The first-order chi connectivity index (χ1) is 8.33. The van der Waals surface area contributed by atoms with Crippen LogP contribution in [0.25, 0.3) is 11.3 Å². The van der Waals surface area contributed by atoms with Crippen LogP contribution in [-0.2, 0) is 11.3 Å². The van der Waals surface area contributed by atoms with Crippen LogP contribution in [0.1, 0.15) is 11.9 Å². The molecule has 2 rings (SSSR count). The molecule has 0 N–H and O–H groups in total. The number of ether oxygens (including phenoxy) is 1. The highest BCUT2D eigenvalue weighted by Crippen LogP contribution is 2.25. The summed E-state index contributed by atoms with van der Waals surface area (Å²) < 4.78 is 5.07. The van der Waals surface area contributed by atoms with Gasteiger partial charge in [0, 0.05) is 22.9 Å². The lowest BCUT2D eigenvalue weighted by Gasteiger charge is -2.00. The van der Waals surface area contributed by atoms with Crippen molar-refractivity contribution < 1.29 is 4.74 Å².